The van der Waals surface area contributed by atoms with Gasteiger partial charge in [-0.25, -0.2) is 0 Å². The van der Waals surface area contributed by atoms with E-state index in [0.29, 0.717) is 36.1 Å². The number of nitrogens with one attached hydrogen (secondary N) is 2. The molecule has 0 bridgehead atoms. The highest BCUT2D eigenvalue weighted by molar-refractivity contribution is 5.99. The molecular formula is C18H25N3O4. The van der Waals surface area contributed by atoms with Crippen LogP contribution in [0.25, 0.3) is 0 Å². The van der Waals surface area contributed by atoms with Crippen molar-refractivity contribution in [1.29, 1.82) is 0 Å². The van der Waals surface area contributed by atoms with Gasteiger partial charge in [0, 0.05) is 20.0 Å². The molecule has 0 aromatic heterocycles. The van der Waals surface area contributed by atoms with Crippen molar-refractivity contribution >= 4 is 23.2 Å². The van der Waals surface area contributed by atoms with Crippen LogP contribution in [0.3, 0.4) is 0 Å². The second-order valence-corrected chi connectivity index (χ2v) is 7.10. The number of amides is 2. The molecule has 2 amide bonds. The molecule has 0 radical (unpaired) electrons. The molecule has 2 aliphatic rings. The molecule has 1 saturated heterocycles. The Bertz CT molecular complexity index is 633. The number of aliphatic hydroxyl groups is 2. The van der Waals surface area contributed by atoms with Crippen molar-refractivity contribution in [1.82, 2.24) is 4.90 Å². The number of likely N-dealkylation sites (tertiary alicyclic amines) is 1. The molecule has 136 valence electrons. The summed E-state index contributed by atoms with van der Waals surface area (Å²) in [7, 11) is 0. The first-order valence-corrected chi connectivity index (χ1v) is 8.67. The Labute approximate surface area is 147 Å². The fraction of sp³-hybridized carbons (Fsp3) is 0.556. The lowest BCUT2D eigenvalue weighted by Gasteiger charge is -2.32. The fourth-order valence-corrected chi connectivity index (χ4v) is 3.92. The van der Waals surface area contributed by atoms with Gasteiger partial charge in [0.2, 0.25) is 11.8 Å². The van der Waals surface area contributed by atoms with E-state index in [1.807, 2.05) is 0 Å². The molecule has 4 atom stereocenters. The molecule has 1 aliphatic carbocycles. The number of nitrogens with zero attached hydrogens (tertiary/aromatic N) is 1. The van der Waals surface area contributed by atoms with Gasteiger partial charge in [0.05, 0.1) is 30.1 Å². The lowest BCUT2D eigenvalue weighted by Crippen LogP contribution is -2.38. The number of aliphatic hydroxyl groups excluding tert-OH is 2. The predicted molar refractivity (Wildman–Crippen MR) is 94.0 cm³/mol. The quantitative estimate of drug-likeness (QED) is 0.640. The first-order valence-electron chi connectivity index (χ1n) is 8.67. The number of benzene rings is 1. The zero-order valence-electron chi connectivity index (χ0n) is 14.3. The Balaban J connectivity index is 1.56. The fourth-order valence-electron chi connectivity index (χ4n) is 3.92. The number of fused-ring (bicyclic) bond motifs is 1. The number of hydrogen-bond donors (Lipinski definition) is 4. The highest BCUT2D eigenvalue weighted by Crippen LogP contribution is 2.36. The maximum atomic E-state index is 12.4. The summed E-state index contributed by atoms with van der Waals surface area (Å²) in [6.07, 6.45) is -0.121. The molecule has 1 aliphatic heterocycles. The Kier molecular flexibility index (Phi) is 5.36. The van der Waals surface area contributed by atoms with Crippen molar-refractivity contribution < 1.29 is 19.8 Å². The molecule has 1 aromatic rings. The summed E-state index contributed by atoms with van der Waals surface area (Å²) in [4.78, 5) is 25.7. The van der Waals surface area contributed by atoms with Crippen molar-refractivity contribution in [3.05, 3.63) is 24.3 Å². The van der Waals surface area contributed by atoms with Gasteiger partial charge < -0.3 is 20.8 Å². The van der Waals surface area contributed by atoms with Crippen LogP contribution in [0.4, 0.5) is 11.4 Å². The molecule has 4 N–H and O–H groups in total. The van der Waals surface area contributed by atoms with Crippen molar-refractivity contribution in [3.8, 4) is 0 Å². The van der Waals surface area contributed by atoms with E-state index in [1.54, 1.807) is 24.3 Å². The van der Waals surface area contributed by atoms with Crippen LogP contribution < -0.4 is 10.6 Å². The number of hydrogen-bond acceptors (Lipinski definition) is 5. The highest BCUT2D eigenvalue weighted by Gasteiger charge is 2.41. The summed E-state index contributed by atoms with van der Waals surface area (Å²) in [5.41, 5.74) is 1.15. The summed E-state index contributed by atoms with van der Waals surface area (Å²) in [6, 6.07) is 7.08. The van der Waals surface area contributed by atoms with Crippen LogP contribution in [0.5, 0.6) is 0 Å². The van der Waals surface area contributed by atoms with E-state index in [9.17, 15) is 19.8 Å². The van der Waals surface area contributed by atoms with Crippen molar-refractivity contribution in [3.63, 3.8) is 0 Å². The van der Waals surface area contributed by atoms with E-state index >= 15 is 0 Å². The molecule has 2 fully saturated rings. The molecule has 0 spiro atoms. The maximum absolute atomic E-state index is 12.4. The summed E-state index contributed by atoms with van der Waals surface area (Å²) >= 11 is 0. The zero-order chi connectivity index (χ0) is 18.0. The van der Waals surface area contributed by atoms with Crippen LogP contribution in [0, 0.1) is 11.8 Å². The van der Waals surface area contributed by atoms with E-state index in [1.165, 1.54) is 6.92 Å². The zero-order valence-corrected chi connectivity index (χ0v) is 14.3. The van der Waals surface area contributed by atoms with Gasteiger partial charge in [-0.15, -0.1) is 0 Å². The van der Waals surface area contributed by atoms with Crippen molar-refractivity contribution in [2.75, 3.05) is 30.3 Å². The van der Waals surface area contributed by atoms with Gasteiger partial charge in [0.25, 0.3) is 0 Å². The minimum atomic E-state index is -0.653. The molecule has 7 heteroatoms. The normalized spacial score (nSPS) is 29.1. The number of anilines is 2. The number of rotatable bonds is 4. The van der Waals surface area contributed by atoms with Crippen LogP contribution in [-0.2, 0) is 9.59 Å². The van der Waals surface area contributed by atoms with Crippen molar-refractivity contribution in [2.24, 2.45) is 11.8 Å². The molecule has 1 heterocycles. The van der Waals surface area contributed by atoms with E-state index in [0.717, 1.165) is 13.1 Å². The molecule has 7 nitrogen and oxygen atoms in total. The van der Waals surface area contributed by atoms with Crippen LogP contribution >= 0.6 is 0 Å². The molecule has 0 unspecified atom stereocenters. The highest BCUT2D eigenvalue weighted by atomic mass is 16.3. The summed E-state index contributed by atoms with van der Waals surface area (Å²) < 4.78 is 0. The average molecular weight is 347 g/mol. The molecular weight excluding hydrogens is 322 g/mol. The van der Waals surface area contributed by atoms with E-state index in [4.69, 9.17) is 0 Å². The third-order valence-electron chi connectivity index (χ3n) is 5.06. The average Bonchev–Trinajstić information content (AvgIpc) is 2.90. The first-order chi connectivity index (χ1) is 11.9. The van der Waals surface area contributed by atoms with Crippen LogP contribution in [0.1, 0.15) is 19.8 Å². The van der Waals surface area contributed by atoms with Gasteiger partial charge in [-0.2, -0.15) is 0 Å². The monoisotopic (exact) mass is 347 g/mol. The Hall–Kier alpha value is -1.96. The minimum Gasteiger partial charge on any atom is -0.390 e. The predicted octanol–water partition coefficient (Wildman–Crippen LogP) is 0.647. The smallest absolute Gasteiger partial charge is 0.238 e. The summed E-state index contributed by atoms with van der Waals surface area (Å²) in [5.74, 6) is 0.329. The summed E-state index contributed by atoms with van der Waals surface area (Å²) in [5, 5.41) is 25.2. The van der Waals surface area contributed by atoms with E-state index in [-0.39, 0.29) is 18.4 Å². The topological polar surface area (TPSA) is 102 Å². The molecule has 1 aromatic carbocycles. The number of carbonyl (C=O) groups is 2. The molecule has 25 heavy (non-hydrogen) atoms. The van der Waals surface area contributed by atoms with Gasteiger partial charge in [0.1, 0.15) is 0 Å². The van der Waals surface area contributed by atoms with Gasteiger partial charge >= 0.3 is 0 Å². The van der Waals surface area contributed by atoms with E-state index < -0.39 is 12.2 Å². The standard InChI is InChI=1S/C18H25N3O4/c1-11(22)19-14-4-2-3-5-15(14)20-18(25)10-21-8-12-6-16(23)17(24)7-13(12)9-21/h2-5,12-13,16-17,23-24H,6-10H2,1H3,(H,19,22)(H,20,25)/t12-,13+,16-,17-/m0/s1. The van der Waals surface area contributed by atoms with Crippen LogP contribution in [0.2, 0.25) is 0 Å². The minimum absolute atomic E-state index is 0.141. The second kappa shape index (κ2) is 7.51. The van der Waals surface area contributed by atoms with Crippen molar-refractivity contribution in [2.45, 2.75) is 32.0 Å². The van der Waals surface area contributed by atoms with E-state index in [2.05, 4.69) is 15.5 Å². The maximum Gasteiger partial charge on any atom is 0.238 e. The third kappa shape index (κ3) is 4.36. The van der Waals surface area contributed by atoms with Crippen LogP contribution in [0.15, 0.2) is 24.3 Å². The Morgan fingerprint density at radius 2 is 1.56 bits per heavy atom. The Morgan fingerprint density at radius 3 is 2.08 bits per heavy atom. The SMILES string of the molecule is CC(=O)Nc1ccccc1NC(=O)CN1C[C@H]2C[C@H](O)[C@@H](O)C[C@H]2C1. The lowest BCUT2D eigenvalue weighted by molar-refractivity contribution is -0.117. The molecule has 3 rings (SSSR count). The van der Waals surface area contributed by atoms with Gasteiger partial charge in [0.15, 0.2) is 0 Å². The second-order valence-electron chi connectivity index (χ2n) is 7.10. The largest absolute Gasteiger partial charge is 0.390 e. The lowest BCUT2D eigenvalue weighted by atomic mass is 9.79. The van der Waals surface area contributed by atoms with Crippen LogP contribution in [-0.4, -0.2) is 58.8 Å². The molecule has 1 saturated carbocycles. The van der Waals surface area contributed by atoms with Gasteiger partial charge in [-0.05, 0) is 36.8 Å². The number of para-hydroxylation sites is 2. The third-order valence-corrected chi connectivity index (χ3v) is 5.06. The first kappa shape index (κ1) is 17.8. The Morgan fingerprint density at radius 1 is 1.04 bits per heavy atom. The summed E-state index contributed by atoms with van der Waals surface area (Å²) in [6.45, 7) is 3.20. The van der Waals surface area contributed by atoms with Gasteiger partial charge in [-0.3, -0.25) is 14.5 Å². The van der Waals surface area contributed by atoms with Gasteiger partial charge in [-0.1, -0.05) is 12.1 Å². The number of carbonyl (C=O) groups excluding carboxylic acids is 2.